The number of imidazole rings is 1. The van der Waals surface area contributed by atoms with Gasteiger partial charge in [-0.2, -0.15) is 0 Å². The number of aromatic nitrogens is 2. The van der Waals surface area contributed by atoms with Crippen molar-refractivity contribution in [1.29, 1.82) is 0 Å². The molecule has 70 valence electrons. The number of alkyl halides is 1. The van der Waals surface area contributed by atoms with Crippen molar-refractivity contribution in [3.63, 3.8) is 0 Å². The molecular weight excluding hydrogens is 281 g/mol. The Labute approximate surface area is 90.1 Å². The second-order valence-electron chi connectivity index (χ2n) is 2.99. The summed E-state index contributed by atoms with van der Waals surface area (Å²) in [7, 11) is 0. The maximum atomic E-state index is 11.4. The Morgan fingerprint density at radius 1 is 1.62 bits per heavy atom. The van der Waals surface area contributed by atoms with E-state index in [2.05, 4.69) is 32.1 Å². The molecule has 13 heavy (non-hydrogen) atoms. The van der Waals surface area contributed by atoms with Crippen LogP contribution in [0.1, 0.15) is 5.82 Å². The van der Waals surface area contributed by atoms with Crippen LogP contribution in [0, 0.1) is 0 Å². The quantitative estimate of drug-likeness (QED) is 0.563. The number of halogens is 1. The summed E-state index contributed by atoms with van der Waals surface area (Å²) in [4.78, 5) is 17.4. The third-order valence-corrected chi connectivity index (χ3v) is 2.86. The predicted octanol–water partition coefficient (Wildman–Crippen LogP) is 0.660. The van der Waals surface area contributed by atoms with Crippen LogP contribution in [0.25, 0.3) is 0 Å². The molecule has 1 aliphatic rings. The molecule has 1 amide bonds. The minimum absolute atomic E-state index is 0.204. The Balaban J connectivity index is 2.13. The molecule has 1 aliphatic heterocycles. The highest BCUT2D eigenvalue weighted by atomic mass is 127. The molecule has 0 atom stereocenters. The molecule has 0 fully saturated rings. The highest BCUT2D eigenvalue weighted by molar-refractivity contribution is 14.1. The fraction of sp³-hybridized carbons (Fsp3) is 0.500. The molecule has 0 N–H and O–H groups in total. The lowest BCUT2D eigenvalue weighted by Crippen LogP contribution is -2.38. The van der Waals surface area contributed by atoms with Gasteiger partial charge in [0.1, 0.15) is 5.82 Å². The van der Waals surface area contributed by atoms with Crippen LogP contribution in [0.5, 0.6) is 0 Å². The summed E-state index contributed by atoms with van der Waals surface area (Å²) in [6.07, 6.45) is 3.74. The van der Waals surface area contributed by atoms with E-state index in [-0.39, 0.29) is 5.91 Å². The molecule has 0 bridgehead atoms. The second kappa shape index (κ2) is 3.65. The molecular formula is C8H10IN3O. The molecule has 2 rings (SSSR count). The van der Waals surface area contributed by atoms with Crippen LogP contribution < -0.4 is 0 Å². The zero-order chi connectivity index (χ0) is 9.26. The first-order valence-corrected chi connectivity index (χ1v) is 5.67. The Kier molecular flexibility index (Phi) is 2.52. The zero-order valence-electron chi connectivity index (χ0n) is 7.11. The molecule has 0 radical (unpaired) electrons. The van der Waals surface area contributed by atoms with Crippen LogP contribution >= 0.6 is 22.6 Å². The normalized spacial score (nSPS) is 15.6. The average Bonchev–Trinajstić information content (AvgIpc) is 2.63. The van der Waals surface area contributed by atoms with Crippen molar-refractivity contribution >= 4 is 28.5 Å². The van der Waals surface area contributed by atoms with Gasteiger partial charge in [-0.05, 0) is 0 Å². The number of carbonyl (C=O) groups excluding carboxylic acids is 1. The van der Waals surface area contributed by atoms with Gasteiger partial charge in [-0.25, -0.2) is 4.98 Å². The number of fused-ring (bicyclic) bond motifs is 1. The summed E-state index contributed by atoms with van der Waals surface area (Å²) in [6.45, 7) is 2.34. The van der Waals surface area contributed by atoms with Gasteiger partial charge in [-0.15, -0.1) is 0 Å². The first kappa shape index (κ1) is 8.98. The molecule has 0 unspecified atom stereocenters. The van der Waals surface area contributed by atoms with Crippen molar-refractivity contribution in [2.24, 2.45) is 0 Å². The van der Waals surface area contributed by atoms with Gasteiger partial charge in [0.15, 0.2) is 0 Å². The van der Waals surface area contributed by atoms with Crippen molar-refractivity contribution in [2.75, 3.05) is 11.0 Å². The largest absolute Gasteiger partial charge is 0.333 e. The van der Waals surface area contributed by atoms with Gasteiger partial charge in [-0.3, -0.25) is 4.79 Å². The Hall–Kier alpha value is -0.590. The smallest absolute Gasteiger partial charge is 0.232 e. The van der Waals surface area contributed by atoms with Gasteiger partial charge in [0.05, 0.1) is 11.0 Å². The van der Waals surface area contributed by atoms with Crippen LogP contribution in [-0.4, -0.2) is 31.3 Å². The van der Waals surface area contributed by atoms with E-state index in [1.165, 1.54) is 0 Å². The standard InChI is InChI=1S/C8H10IN3O/c9-5-8(13)12-4-3-11-2-1-10-7(11)6-12/h1-2H,3-6H2. The minimum atomic E-state index is 0.204. The molecule has 1 aromatic rings. The SMILES string of the molecule is O=C(CI)N1CCn2ccnc2C1. The third kappa shape index (κ3) is 1.70. The van der Waals surface area contributed by atoms with Gasteiger partial charge in [0.25, 0.3) is 0 Å². The second-order valence-corrected chi connectivity index (χ2v) is 3.75. The molecule has 0 saturated carbocycles. The molecule has 0 saturated heterocycles. The van der Waals surface area contributed by atoms with Crippen molar-refractivity contribution in [3.05, 3.63) is 18.2 Å². The number of nitrogens with zero attached hydrogens (tertiary/aromatic N) is 3. The van der Waals surface area contributed by atoms with Crippen molar-refractivity contribution in [3.8, 4) is 0 Å². The van der Waals surface area contributed by atoms with Crippen LogP contribution in [0.3, 0.4) is 0 Å². The summed E-state index contributed by atoms with van der Waals surface area (Å²) in [5, 5.41) is 0. The maximum Gasteiger partial charge on any atom is 0.232 e. The number of rotatable bonds is 1. The zero-order valence-corrected chi connectivity index (χ0v) is 9.27. The average molecular weight is 291 g/mol. The number of carbonyl (C=O) groups is 1. The Bertz CT molecular complexity index is 323. The first-order valence-electron chi connectivity index (χ1n) is 4.15. The van der Waals surface area contributed by atoms with E-state index < -0.39 is 0 Å². The van der Waals surface area contributed by atoms with E-state index >= 15 is 0 Å². The summed E-state index contributed by atoms with van der Waals surface area (Å²) >= 11 is 2.10. The van der Waals surface area contributed by atoms with E-state index in [4.69, 9.17) is 0 Å². The molecule has 0 aromatic carbocycles. The highest BCUT2D eigenvalue weighted by Gasteiger charge is 2.19. The van der Waals surface area contributed by atoms with Crippen molar-refractivity contribution < 1.29 is 4.79 Å². The van der Waals surface area contributed by atoms with Crippen molar-refractivity contribution in [2.45, 2.75) is 13.1 Å². The predicted molar refractivity (Wildman–Crippen MR) is 56.5 cm³/mol. The summed E-state index contributed by atoms with van der Waals surface area (Å²) in [6, 6.07) is 0. The lowest BCUT2D eigenvalue weighted by atomic mass is 10.3. The van der Waals surface area contributed by atoms with E-state index in [9.17, 15) is 4.79 Å². The van der Waals surface area contributed by atoms with E-state index in [1.54, 1.807) is 6.20 Å². The molecule has 5 heteroatoms. The number of hydrogen-bond donors (Lipinski definition) is 0. The summed E-state index contributed by atoms with van der Waals surface area (Å²) in [5.74, 6) is 1.19. The molecule has 0 aliphatic carbocycles. The van der Waals surface area contributed by atoms with Crippen LogP contribution in [-0.2, 0) is 17.9 Å². The van der Waals surface area contributed by atoms with Gasteiger partial charge in [-0.1, -0.05) is 22.6 Å². The lowest BCUT2D eigenvalue weighted by molar-refractivity contribution is -0.129. The van der Waals surface area contributed by atoms with Crippen LogP contribution in [0.15, 0.2) is 12.4 Å². The van der Waals surface area contributed by atoms with Crippen LogP contribution in [0.4, 0.5) is 0 Å². The molecule has 1 aromatic heterocycles. The molecule has 4 nitrogen and oxygen atoms in total. The van der Waals surface area contributed by atoms with E-state index in [0.29, 0.717) is 11.0 Å². The minimum Gasteiger partial charge on any atom is -0.333 e. The van der Waals surface area contributed by atoms with Crippen LogP contribution in [0.2, 0.25) is 0 Å². The topological polar surface area (TPSA) is 38.1 Å². The Morgan fingerprint density at radius 2 is 2.46 bits per heavy atom. The monoisotopic (exact) mass is 291 g/mol. The lowest BCUT2D eigenvalue weighted by Gasteiger charge is -2.27. The summed E-state index contributed by atoms with van der Waals surface area (Å²) < 4.78 is 2.65. The summed E-state index contributed by atoms with van der Waals surface area (Å²) in [5.41, 5.74) is 0. The van der Waals surface area contributed by atoms with Gasteiger partial charge < -0.3 is 9.47 Å². The van der Waals surface area contributed by atoms with Crippen molar-refractivity contribution in [1.82, 2.24) is 14.5 Å². The number of amides is 1. The molecule has 2 heterocycles. The number of hydrogen-bond acceptors (Lipinski definition) is 2. The van der Waals surface area contributed by atoms with Gasteiger partial charge in [0, 0.05) is 25.5 Å². The molecule has 0 spiro atoms. The fourth-order valence-electron chi connectivity index (χ4n) is 1.47. The van der Waals surface area contributed by atoms with Gasteiger partial charge in [0.2, 0.25) is 5.91 Å². The fourth-order valence-corrected chi connectivity index (χ4v) is 1.95. The maximum absolute atomic E-state index is 11.4. The van der Waals surface area contributed by atoms with Gasteiger partial charge >= 0.3 is 0 Å². The highest BCUT2D eigenvalue weighted by Crippen LogP contribution is 2.10. The third-order valence-electron chi connectivity index (χ3n) is 2.21. The van der Waals surface area contributed by atoms with E-state index in [0.717, 1.165) is 18.9 Å². The first-order chi connectivity index (χ1) is 6.31. The Morgan fingerprint density at radius 3 is 3.23 bits per heavy atom. The van der Waals surface area contributed by atoms with E-state index in [1.807, 2.05) is 11.1 Å².